The van der Waals surface area contributed by atoms with Gasteiger partial charge in [-0.25, -0.2) is 8.42 Å². The first-order chi connectivity index (χ1) is 9.76. The Kier molecular flexibility index (Phi) is 6.84. The third-order valence-electron chi connectivity index (χ3n) is 3.50. The van der Waals surface area contributed by atoms with Crippen LogP contribution in [0, 0.1) is 5.92 Å². The van der Waals surface area contributed by atoms with Crippen LogP contribution < -0.4 is 5.73 Å². The lowest BCUT2D eigenvalue weighted by Gasteiger charge is -2.28. The maximum atomic E-state index is 12.4. The smallest absolute Gasteiger partial charge is 0.179 e. The zero-order valence-corrected chi connectivity index (χ0v) is 14.4. The molecule has 0 unspecified atom stereocenters. The van der Waals surface area contributed by atoms with Gasteiger partial charge in [-0.3, -0.25) is 4.90 Å². The summed E-state index contributed by atoms with van der Waals surface area (Å²) in [7, 11) is -3.23. The molecule has 0 fully saturated rings. The summed E-state index contributed by atoms with van der Waals surface area (Å²) in [5.74, 6) is 0.679. The lowest BCUT2D eigenvalue weighted by Crippen LogP contribution is -2.37. The van der Waals surface area contributed by atoms with E-state index in [0.717, 1.165) is 12.1 Å². The maximum Gasteiger partial charge on any atom is 0.179 e. The first-order valence-corrected chi connectivity index (χ1v) is 9.17. The van der Waals surface area contributed by atoms with E-state index in [1.54, 1.807) is 24.3 Å². The SMILES string of the molecule is CC(C)CN(CCS(=O)(=O)c1ccc(CN)cc1)C(C)C. The molecule has 1 aromatic carbocycles. The fourth-order valence-electron chi connectivity index (χ4n) is 2.22. The highest BCUT2D eigenvalue weighted by molar-refractivity contribution is 7.91. The molecule has 0 saturated heterocycles. The monoisotopic (exact) mass is 312 g/mol. The minimum atomic E-state index is -3.23. The minimum Gasteiger partial charge on any atom is -0.326 e. The van der Waals surface area contributed by atoms with E-state index in [4.69, 9.17) is 5.73 Å². The summed E-state index contributed by atoms with van der Waals surface area (Å²) in [5, 5.41) is 0. The Morgan fingerprint density at radius 3 is 2.10 bits per heavy atom. The molecule has 0 aliphatic heterocycles. The summed E-state index contributed by atoms with van der Waals surface area (Å²) in [5.41, 5.74) is 6.47. The van der Waals surface area contributed by atoms with E-state index in [9.17, 15) is 8.42 Å². The van der Waals surface area contributed by atoms with E-state index in [2.05, 4.69) is 32.6 Å². The Morgan fingerprint density at radius 1 is 1.10 bits per heavy atom. The summed E-state index contributed by atoms with van der Waals surface area (Å²) in [6.45, 7) is 10.4. The fraction of sp³-hybridized carbons (Fsp3) is 0.625. The number of hydrogen-bond acceptors (Lipinski definition) is 4. The van der Waals surface area contributed by atoms with Gasteiger partial charge in [0.25, 0.3) is 0 Å². The molecule has 0 spiro atoms. The van der Waals surface area contributed by atoms with Crippen molar-refractivity contribution in [1.29, 1.82) is 0 Å². The molecular weight excluding hydrogens is 284 g/mol. The molecule has 120 valence electrons. The second kappa shape index (κ2) is 7.92. The van der Waals surface area contributed by atoms with Gasteiger partial charge >= 0.3 is 0 Å². The highest BCUT2D eigenvalue weighted by Crippen LogP contribution is 2.14. The molecule has 0 bridgehead atoms. The molecule has 0 aliphatic rings. The number of benzene rings is 1. The number of sulfone groups is 1. The van der Waals surface area contributed by atoms with Crippen LogP contribution in [0.15, 0.2) is 29.2 Å². The molecule has 0 saturated carbocycles. The average Bonchev–Trinajstić information content (AvgIpc) is 2.43. The largest absolute Gasteiger partial charge is 0.326 e. The Labute approximate surface area is 129 Å². The summed E-state index contributed by atoms with van der Waals surface area (Å²) in [6.07, 6.45) is 0. The normalized spacial score (nSPS) is 12.6. The third-order valence-corrected chi connectivity index (χ3v) is 5.21. The molecule has 21 heavy (non-hydrogen) atoms. The van der Waals surface area contributed by atoms with E-state index in [0.29, 0.717) is 29.9 Å². The maximum absolute atomic E-state index is 12.4. The highest BCUT2D eigenvalue weighted by Gasteiger charge is 2.18. The first-order valence-electron chi connectivity index (χ1n) is 7.52. The second-order valence-corrected chi connectivity index (χ2v) is 8.26. The zero-order chi connectivity index (χ0) is 16.0. The Balaban J connectivity index is 2.74. The van der Waals surface area contributed by atoms with Gasteiger partial charge in [-0.15, -0.1) is 0 Å². The molecule has 0 atom stereocenters. The number of nitrogens with two attached hydrogens (primary N) is 1. The van der Waals surface area contributed by atoms with Crippen molar-refractivity contribution in [2.24, 2.45) is 11.7 Å². The van der Waals surface area contributed by atoms with Crippen molar-refractivity contribution >= 4 is 9.84 Å². The van der Waals surface area contributed by atoms with Crippen LogP contribution in [0.25, 0.3) is 0 Å². The van der Waals surface area contributed by atoms with E-state index in [-0.39, 0.29) is 5.75 Å². The van der Waals surface area contributed by atoms with E-state index in [1.807, 2.05) is 0 Å². The van der Waals surface area contributed by atoms with E-state index < -0.39 is 9.84 Å². The highest BCUT2D eigenvalue weighted by atomic mass is 32.2. The number of rotatable bonds is 8. The van der Waals surface area contributed by atoms with Gasteiger partial charge in [-0.2, -0.15) is 0 Å². The van der Waals surface area contributed by atoms with Gasteiger partial charge in [0.05, 0.1) is 10.6 Å². The van der Waals surface area contributed by atoms with E-state index >= 15 is 0 Å². The van der Waals surface area contributed by atoms with Crippen LogP contribution in [-0.4, -0.2) is 38.2 Å². The molecule has 0 heterocycles. The summed E-state index contributed by atoms with van der Waals surface area (Å²) >= 11 is 0. The minimum absolute atomic E-state index is 0.153. The van der Waals surface area contributed by atoms with Gasteiger partial charge in [0.2, 0.25) is 0 Å². The first kappa shape index (κ1) is 18.1. The standard InChI is InChI=1S/C16H28N2O2S/c1-13(2)12-18(14(3)4)9-10-21(19,20)16-7-5-15(11-17)6-8-16/h5-8,13-14H,9-12,17H2,1-4H3. The Bertz CT molecular complexity index is 522. The van der Waals surface area contributed by atoms with Gasteiger partial charge in [-0.1, -0.05) is 26.0 Å². The zero-order valence-electron chi connectivity index (χ0n) is 13.5. The van der Waals surface area contributed by atoms with Crippen LogP contribution in [0.3, 0.4) is 0 Å². The summed E-state index contributed by atoms with van der Waals surface area (Å²) < 4.78 is 24.8. The van der Waals surface area contributed by atoms with Crippen molar-refractivity contribution in [2.75, 3.05) is 18.8 Å². The van der Waals surface area contributed by atoms with Gasteiger partial charge in [0.15, 0.2) is 9.84 Å². The molecule has 4 nitrogen and oxygen atoms in total. The third kappa shape index (κ3) is 5.77. The van der Waals surface area contributed by atoms with Crippen molar-refractivity contribution in [3.8, 4) is 0 Å². The topological polar surface area (TPSA) is 63.4 Å². The molecule has 5 heteroatoms. The predicted octanol–water partition coefficient (Wildman–Crippen LogP) is 2.29. The van der Waals surface area contributed by atoms with Gasteiger partial charge in [-0.05, 0) is 37.5 Å². The van der Waals surface area contributed by atoms with Crippen molar-refractivity contribution in [1.82, 2.24) is 4.90 Å². The van der Waals surface area contributed by atoms with Gasteiger partial charge in [0, 0.05) is 25.7 Å². The quantitative estimate of drug-likeness (QED) is 0.800. The second-order valence-electron chi connectivity index (χ2n) is 6.15. The molecule has 1 rings (SSSR count). The van der Waals surface area contributed by atoms with Gasteiger partial charge < -0.3 is 5.73 Å². The molecule has 1 aromatic rings. The molecule has 2 N–H and O–H groups in total. The van der Waals surface area contributed by atoms with Crippen molar-refractivity contribution < 1.29 is 8.42 Å². The average molecular weight is 312 g/mol. The van der Waals surface area contributed by atoms with Crippen LogP contribution >= 0.6 is 0 Å². The predicted molar refractivity (Wildman–Crippen MR) is 87.9 cm³/mol. The van der Waals surface area contributed by atoms with E-state index in [1.165, 1.54) is 0 Å². The van der Waals surface area contributed by atoms with Crippen LogP contribution in [0.5, 0.6) is 0 Å². The summed E-state index contributed by atoms with van der Waals surface area (Å²) in [4.78, 5) is 2.60. The van der Waals surface area contributed by atoms with Gasteiger partial charge in [0.1, 0.15) is 0 Å². The van der Waals surface area contributed by atoms with Crippen molar-refractivity contribution in [3.63, 3.8) is 0 Å². The molecule has 0 aliphatic carbocycles. The van der Waals surface area contributed by atoms with Crippen LogP contribution in [0.4, 0.5) is 0 Å². The van der Waals surface area contributed by atoms with Crippen molar-refractivity contribution in [3.05, 3.63) is 29.8 Å². The molecule has 0 amide bonds. The van der Waals surface area contributed by atoms with Crippen LogP contribution in [-0.2, 0) is 16.4 Å². The molecule has 0 aromatic heterocycles. The molecular formula is C16H28N2O2S. The van der Waals surface area contributed by atoms with Crippen LogP contribution in [0.1, 0.15) is 33.3 Å². The Hall–Kier alpha value is -0.910. The lowest BCUT2D eigenvalue weighted by molar-refractivity contribution is 0.209. The molecule has 0 radical (unpaired) electrons. The van der Waals surface area contributed by atoms with Crippen molar-refractivity contribution in [2.45, 2.75) is 45.2 Å². The fourth-order valence-corrected chi connectivity index (χ4v) is 3.48. The Morgan fingerprint density at radius 2 is 1.67 bits per heavy atom. The summed E-state index contributed by atoms with van der Waals surface area (Å²) in [6, 6.07) is 7.21. The lowest BCUT2D eigenvalue weighted by atomic mass is 10.2. The number of hydrogen-bond donors (Lipinski definition) is 1. The number of nitrogens with zero attached hydrogens (tertiary/aromatic N) is 1. The van der Waals surface area contributed by atoms with Crippen LogP contribution in [0.2, 0.25) is 0 Å².